The summed E-state index contributed by atoms with van der Waals surface area (Å²) in [5, 5.41) is 0. The summed E-state index contributed by atoms with van der Waals surface area (Å²) in [6.07, 6.45) is 3.19. The van der Waals surface area contributed by atoms with Crippen molar-refractivity contribution in [1.29, 1.82) is 0 Å². The first-order chi connectivity index (χ1) is 5.29. The number of allylic oxidation sites excluding steroid dienone is 2. The van der Waals surface area contributed by atoms with E-state index in [1.54, 1.807) is 7.11 Å². The first kappa shape index (κ1) is 8.05. The van der Waals surface area contributed by atoms with E-state index in [1.165, 1.54) is 0 Å². The van der Waals surface area contributed by atoms with Gasteiger partial charge in [-0.2, -0.15) is 0 Å². The monoisotopic (exact) mass is 151 g/mol. The van der Waals surface area contributed by atoms with Crippen LogP contribution in [0.15, 0.2) is 28.6 Å². The number of nitrogens with zero attached hydrogens (tertiary/aromatic N) is 1. The topological polar surface area (TPSA) is 21.6 Å². The van der Waals surface area contributed by atoms with Crippen LogP contribution in [0.1, 0.15) is 19.3 Å². The van der Waals surface area contributed by atoms with E-state index in [4.69, 9.17) is 4.74 Å². The molecule has 2 nitrogen and oxygen atoms in total. The van der Waals surface area contributed by atoms with E-state index < -0.39 is 0 Å². The Morgan fingerprint density at radius 1 is 1.55 bits per heavy atom. The first-order valence-corrected chi connectivity index (χ1v) is 3.71. The lowest BCUT2D eigenvalue weighted by atomic mass is 10.2. The molecule has 0 aromatic heterocycles. The molecule has 0 fully saturated rings. The van der Waals surface area contributed by atoms with Crippen molar-refractivity contribution < 1.29 is 4.74 Å². The zero-order valence-electron chi connectivity index (χ0n) is 6.89. The largest absolute Gasteiger partial charge is 0.497 e. The summed E-state index contributed by atoms with van der Waals surface area (Å²) in [6, 6.07) is 0. The van der Waals surface area contributed by atoms with E-state index in [0.717, 1.165) is 36.3 Å². The van der Waals surface area contributed by atoms with E-state index in [1.807, 2.05) is 0 Å². The smallest absolute Gasteiger partial charge is 0.116 e. The molecule has 11 heavy (non-hydrogen) atoms. The van der Waals surface area contributed by atoms with Crippen molar-refractivity contribution in [2.45, 2.75) is 19.3 Å². The molecular formula is C9H13NO. The van der Waals surface area contributed by atoms with Gasteiger partial charge in [0.15, 0.2) is 0 Å². The molecule has 2 heteroatoms. The van der Waals surface area contributed by atoms with Crippen LogP contribution in [0.5, 0.6) is 0 Å². The summed E-state index contributed by atoms with van der Waals surface area (Å²) in [4.78, 5) is 3.93. The van der Waals surface area contributed by atoms with Crippen molar-refractivity contribution in [3.63, 3.8) is 0 Å². The number of rotatable bonds is 3. The summed E-state index contributed by atoms with van der Waals surface area (Å²) < 4.78 is 5.03. The van der Waals surface area contributed by atoms with E-state index in [9.17, 15) is 0 Å². The predicted octanol–water partition coefficient (Wildman–Crippen LogP) is 2.29. The Morgan fingerprint density at radius 3 is 2.82 bits per heavy atom. The number of hydrogen-bond donors (Lipinski definition) is 0. The molecule has 0 unspecified atom stereocenters. The highest BCUT2D eigenvalue weighted by Gasteiger charge is 2.15. The molecule has 0 saturated carbocycles. The average molecular weight is 151 g/mol. The van der Waals surface area contributed by atoms with Gasteiger partial charge in [-0.05, 0) is 26.0 Å². The third-order valence-corrected chi connectivity index (χ3v) is 1.96. The maximum atomic E-state index is 5.03. The summed E-state index contributed by atoms with van der Waals surface area (Å²) in [7, 11) is 1.63. The molecule has 1 aliphatic carbocycles. The molecular weight excluding hydrogens is 138 g/mol. The molecule has 1 rings (SSSR count). The maximum Gasteiger partial charge on any atom is 0.116 e. The Hall–Kier alpha value is -1.05. The van der Waals surface area contributed by atoms with Crippen molar-refractivity contribution in [2.24, 2.45) is 4.99 Å². The maximum absolute atomic E-state index is 5.03. The molecule has 0 atom stereocenters. The Kier molecular flexibility index (Phi) is 2.47. The fourth-order valence-corrected chi connectivity index (χ4v) is 1.33. The van der Waals surface area contributed by atoms with E-state index >= 15 is 0 Å². The molecule has 0 aromatic carbocycles. The third-order valence-electron chi connectivity index (χ3n) is 1.96. The molecule has 60 valence electrons. The molecule has 0 N–H and O–H groups in total. The molecule has 0 spiro atoms. The summed E-state index contributed by atoms with van der Waals surface area (Å²) in [5.74, 6) is 0.741. The van der Waals surface area contributed by atoms with Crippen LogP contribution in [0.25, 0.3) is 0 Å². The molecule has 0 saturated heterocycles. The van der Waals surface area contributed by atoms with Gasteiger partial charge in [0.25, 0.3) is 0 Å². The van der Waals surface area contributed by atoms with Crippen molar-refractivity contribution in [2.75, 3.05) is 7.11 Å². The minimum absolute atomic E-state index is 0.741. The van der Waals surface area contributed by atoms with Crippen molar-refractivity contribution >= 4 is 6.72 Å². The Bertz CT molecular complexity index is 216. The highest BCUT2D eigenvalue weighted by molar-refractivity contribution is 5.38. The van der Waals surface area contributed by atoms with E-state index in [-0.39, 0.29) is 0 Å². The quantitative estimate of drug-likeness (QED) is 0.448. The van der Waals surface area contributed by atoms with Gasteiger partial charge < -0.3 is 4.74 Å². The molecule has 0 radical (unpaired) electrons. The van der Waals surface area contributed by atoms with Gasteiger partial charge in [0, 0.05) is 11.3 Å². The minimum Gasteiger partial charge on any atom is -0.497 e. The van der Waals surface area contributed by atoms with Crippen LogP contribution >= 0.6 is 0 Å². The Labute approximate surface area is 67.3 Å². The van der Waals surface area contributed by atoms with E-state index in [0.29, 0.717) is 0 Å². The van der Waals surface area contributed by atoms with Gasteiger partial charge in [-0.25, -0.2) is 0 Å². The third kappa shape index (κ3) is 1.50. The SMILES string of the molecule is C=NC1=C(C(=C)OC)CCC1. The second-order valence-electron chi connectivity index (χ2n) is 2.56. The Balaban J connectivity index is 2.82. The number of ether oxygens (including phenoxy) is 1. The average Bonchev–Trinajstić information content (AvgIpc) is 2.50. The lowest BCUT2D eigenvalue weighted by molar-refractivity contribution is 0.300. The molecule has 0 aromatic rings. The van der Waals surface area contributed by atoms with Crippen LogP contribution in [0.3, 0.4) is 0 Å². The lowest BCUT2D eigenvalue weighted by Gasteiger charge is -2.04. The fourth-order valence-electron chi connectivity index (χ4n) is 1.33. The summed E-state index contributed by atoms with van der Waals surface area (Å²) in [6.45, 7) is 7.29. The lowest BCUT2D eigenvalue weighted by Crippen LogP contribution is -1.89. The van der Waals surface area contributed by atoms with Crippen molar-refractivity contribution in [3.05, 3.63) is 23.6 Å². The summed E-state index contributed by atoms with van der Waals surface area (Å²) in [5.41, 5.74) is 2.19. The van der Waals surface area contributed by atoms with Gasteiger partial charge in [0.2, 0.25) is 0 Å². The van der Waals surface area contributed by atoms with Gasteiger partial charge in [0.1, 0.15) is 5.76 Å². The van der Waals surface area contributed by atoms with Crippen LogP contribution in [0.2, 0.25) is 0 Å². The standard InChI is InChI=1S/C9H13NO/c1-7(11-3)8-5-4-6-9(8)10-2/h1-2,4-6H2,3H3. The van der Waals surface area contributed by atoms with Gasteiger partial charge in [0.05, 0.1) is 7.11 Å². The molecule has 0 bridgehead atoms. The molecule has 0 heterocycles. The highest BCUT2D eigenvalue weighted by atomic mass is 16.5. The van der Waals surface area contributed by atoms with Gasteiger partial charge >= 0.3 is 0 Å². The normalized spacial score (nSPS) is 16.8. The minimum atomic E-state index is 0.741. The van der Waals surface area contributed by atoms with Gasteiger partial charge in [-0.1, -0.05) is 6.58 Å². The van der Waals surface area contributed by atoms with Gasteiger partial charge in [-0.3, -0.25) is 4.99 Å². The summed E-state index contributed by atoms with van der Waals surface area (Å²) >= 11 is 0. The molecule has 0 amide bonds. The molecule has 1 aliphatic rings. The number of aliphatic imine (C=N–C) groups is 1. The van der Waals surface area contributed by atoms with Crippen LogP contribution < -0.4 is 0 Å². The number of methoxy groups -OCH3 is 1. The Morgan fingerprint density at radius 2 is 2.27 bits per heavy atom. The second-order valence-corrected chi connectivity index (χ2v) is 2.56. The van der Waals surface area contributed by atoms with Crippen LogP contribution in [0.4, 0.5) is 0 Å². The first-order valence-electron chi connectivity index (χ1n) is 3.71. The van der Waals surface area contributed by atoms with Gasteiger partial charge in [-0.15, -0.1) is 0 Å². The number of hydrogen-bond acceptors (Lipinski definition) is 2. The van der Waals surface area contributed by atoms with Crippen molar-refractivity contribution in [1.82, 2.24) is 0 Å². The van der Waals surface area contributed by atoms with Crippen LogP contribution in [-0.2, 0) is 4.74 Å². The fraction of sp³-hybridized carbons (Fsp3) is 0.444. The zero-order chi connectivity index (χ0) is 8.27. The predicted molar refractivity (Wildman–Crippen MR) is 46.6 cm³/mol. The van der Waals surface area contributed by atoms with E-state index in [2.05, 4.69) is 18.3 Å². The zero-order valence-corrected chi connectivity index (χ0v) is 6.89. The van der Waals surface area contributed by atoms with Crippen LogP contribution in [0, 0.1) is 0 Å². The molecule has 0 aliphatic heterocycles. The second kappa shape index (κ2) is 3.37. The highest BCUT2D eigenvalue weighted by Crippen LogP contribution is 2.30. The van der Waals surface area contributed by atoms with Crippen molar-refractivity contribution in [3.8, 4) is 0 Å². The van der Waals surface area contributed by atoms with Crippen LogP contribution in [-0.4, -0.2) is 13.8 Å².